The molecule has 0 aliphatic rings. The van der Waals surface area contributed by atoms with E-state index < -0.39 is 26.6 Å². The van der Waals surface area contributed by atoms with Crippen LogP contribution in [0.3, 0.4) is 0 Å². The zero-order chi connectivity index (χ0) is 45.7. The maximum Gasteiger partial charge on any atom is 0.268 e. The van der Waals surface area contributed by atoms with Gasteiger partial charge in [0.05, 0.1) is 39.9 Å². The van der Waals surface area contributed by atoms with E-state index in [9.17, 15) is 19.4 Å². The van der Waals surface area contributed by atoms with Gasteiger partial charge in [0.2, 0.25) is 5.91 Å². The van der Waals surface area contributed by atoms with Crippen molar-refractivity contribution >= 4 is 13.7 Å². The van der Waals surface area contributed by atoms with E-state index in [4.69, 9.17) is 9.05 Å². The molecular weight excluding hydrogens is 792 g/mol. The van der Waals surface area contributed by atoms with Gasteiger partial charge in [-0.1, -0.05) is 180 Å². The summed E-state index contributed by atoms with van der Waals surface area (Å²) >= 11 is 0. The van der Waals surface area contributed by atoms with Gasteiger partial charge in [-0.2, -0.15) is 0 Å². The minimum Gasteiger partial charge on any atom is -0.756 e. The fourth-order valence-corrected chi connectivity index (χ4v) is 6.62. The summed E-state index contributed by atoms with van der Waals surface area (Å²) in [6.45, 7) is 4.35. The predicted molar refractivity (Wildman–Crippen MR) is 265 cm³/mol. The zero-order valence-corrected chi connectivity index (χ0v) is 40.7. The number of carbonyl (C=O) groups is 1. The molecule has 0 spiro atoms. The Kier molecular flexibility index (Phi) is 41.0. The summed E-state index contributed by atoms with van der Waals surface area (Å²) in [7, 11) is 1.21. The number of hydrogen-bond acceptors (Lipinski definition) is 6. The van der Waals surface area contributed by atoms with E-state index in [0.717, 1.165) is 109 Å². The molecule has 62 heavy (non-hydrogen) atoms. The van der Waals surface area contributed by atoms with Gasteiger partial charge in [0, 0.05) is 6.42 Å². The molecule has 0 rings (SSSR count). The summed E-state index contributed by atoms with van der Waals surface area (Å²) < 4.78 is 23.0. The number of aliphatic hydroxyl groups is 1. The van der Waals surface area contributed by atoms with Crippen LogP contribution in [0.1, 0.15) is 155 Å². The maximum atomic E-state index is 12.8. The molecule has 0 aliphatic carbocycles. The van der Waals surface area contributed by atoms with Crippen molar-refractivity contribution in [2.24, 2.45) is 0 Å². The lowest BCUT2D eigenvalue weighted by Gasteiger charge is -2.29. The van der Waals surface area contributed by atoms with E-state index in [1.165, 1.54) is 25.7 Å². The first kappa shape index (κ1) is 58.9. The highest BCUT2D eigenvalue weighted by molar-refractivity contribution is 7.45. The molecule has 0 heterocycles. The van der Waals surface area contributed by atoms with Crippen LogP contribution in [0.5, 0.6) is 0 Å². The summed E-state index contributed by atoms with van der Waals surface area (Å²) in [5.74, 6) is -0.228. The van der Waals surface area contributed by atoms with Gasteiger partial charge >= 0.3 is 0 Å². The quantitative estimate of drug-likeness (QED) is 0.0274. The van der Waals surface area contributed by atoms with E-state index in [1.54, 1.807) is 6.08 Å². The Bertz CT molecular complexity index is 1410. The van der Waals surface area contributed by atoms with E-state index in [0.29, 0.717) is 17.4 Å². The predicted octanol–water partition coefficient (Wildman–Crippen LogP) is 13.2. The standard InChI is InChI=1S/C53H89N2O6P/c1-6-8-10-12-14-15-16-17-18-19-20-21-22-23-24-25-26-27-28-29-30-31-32-33-34-35-36-37-38-39-41-43-45-47-53(57)54-51(52(56)46-44-42-40-13-11-9-7-2)50-61-62(58,59)60-49-48-55(3,4)5/h8,10-11,13-15,17-18,20-21,23-24,26-27,29-30,32-33,44,46,51-52,56H,6-7,9,12,16,19,22,25,28,31,34-43,45,47-50H2,1-5H3,(H-,54,57,58,59)/b10-8-,13-11+,15-14-,18-17-,21-20-,24-23-,27-26-,30-29-,33-32-,46-44+. The summed E-state index contributed by atoms with van der Waals surface area (Å²) in [5, 5.41) is 13.6. The van der Waals surface area contributed by atoms with Gasteiger partial charge in [-0.15, -0.1) is 0 Å². The highest BCUT2D eigenvalue weighted by atomic mass is 31.2. The van der Waals surface area contributed by atoms with E-state index >= 15 is 0 Å². The minimum atomic E-state index is -4.60. The fraction of sp³-hybridized carbons (Fsp3) is 0.604. The van der Waals surface area contributed by atoms with Gasteiger partial charge in [-0.05, 0) is 89.9 Å². The van der Waals surface area contributed by atoms with Crippen LogP contribution >= 0.6 is 7.82 Å². The number of likely N-dealkylation sites (N-methyl/N-ethyl adjacent to an activating group) is 1. The van der Waals surface area contributed by atoms with Gasteiger partial charge in [-0.25, -0.2) is 0 Å². The average molecular weight is 881 g/mol. The monoisotopic (exact) mass is 881 g/mol. The number of quaternary nitrogens is 1. The highest BCUT2D eigenvalue weighted by Crippen LogP contribution is 2.38. The molecule has 0 saturated heterocycles. The first-order valence-electron chi connectivity index (χ1n) is 23.9. The van der Waals surface area contributed by atoms with Crippen molar-refractivity contribution in [2.75, 3.05) is 40.9 Å². The lowest BCUT2D eigenvalue weighted by molar-refractivity contribution is -0.870. The zero-order valence-electron chi connectivity index (χ0n) is 39.8. The SMILES string of the molecule is CC/C=C\C/C=C\C/C=C\C/C=C\C/C=C\C/C=C\C/C=C\C/C=C\CCCCCCCCCCC(=O)NC(COP(=O)([O-])OCC[N+](C)(C)C)C(O)/C=C/CC/C=C/CCC. The Hall–Kier alpha value is -3.10. The van der Waals surface area contributed by atoms with Crippen LogP contribution in [-0.2, 0) is 18.4 Å². The molecule has 0 aromatic rings. The Morgan fingerprint density at radius 3 is 1.48 bits per heavy atom. The number of carbonyl (C=O) groups excluding carboxylic acids is 1. The lowest BCUT2D eigenvalue weighted by atomic mass is 10.1. The molecule has 9 heteroatoms. The molecule has 1 amide bonds. The van der Waals surface area contributed by atoms with Gasteiger partial charge in [0.15, 0.2) is 0 Å². The fourth-order valence-electron chi connectivity index (χ4n) is 5.89. The van der Waals surface area contributed by atoms with Gasteiger partial charge in [0.1, 0.15) is 13.2 Å². The molecule has 0 aliphatic heterocycles. The van der Waals surface area contributed by atoms with Crippen molar-refractivity contribution in [1.29, 1.82) is 0 Å². The number of nitrogens with zero attached hydrogens (tertiary/aromatic N) is 1. The van der Waals surface area contributed by atoms with Crippen LogP contribution in [0.25, 0.3) is 0 Å². The molecule has 3 unspecified atom stereocenters. The van der Waals surface area contributed by atoms with Crippen LogP contribution in [0.4, 0.5) is 0 Å². The summed E-state index contributed by atoms with van der Waals surface area (Å²) in [5.41, 5.74) is 0. The second kappa shape index (κ2) is 43.2. The number of rotatable bonds is 41. The van der Waals surface area contributed by atoms with Crippen molar-refractivity contribution in [3.05, 3.63) is 122 Å². The van der Waals surface area contributed by atoms with E-state index in [-0.39, 0.29) is 12.5 Å². The lowest BCUT2D eigenvalue weighted by Crippen LogP contribution is -2.45. The van der Waals surface area contributed by atoms with Crippen LogP contribution < -0.4 is 10.2 Å². The Balaban J connectivity index is 4.11. The van der Waals surface area contributed by atoms with Gasteiger partial charge < -0.3 is 28.8 Å². The Morgan fingerprint density at radius 1 is 0.581 bits per heavy atom. The van der Waals surface area contributed by atoms with E-state index in [1.807, 2.05) is 27.2 Å². The molecule has 352 valence electrons. The number of allylic oxidation sites excluding steroid dienone is 19. The molecule has 0 bridgehead atoms. The number of phosphoric ester groups is 1. The number of aliphatic hydroxyl groups excluding tert-OH is 1. The topological polar surface area (TPSA) is 108 Å². The summed E-state index contributed by atoms with van der Waals surface area (Å²) in [6.07, 6.45) is 64.4. The third-order valence-corrected chi connectivity index (χ3v) is 10.6. The molecule has 0 fully saturated rings. The normalized spacial score (nSPS) is 15.3. The van der Waals surface area contributed by atoms with Gasteiger partial charge in [0.25, 0.3) is 7.82 Å². The molecule has 2 N–H and O–H groups in total. The number of nitrogens with one attached hydrogen (secondary N) is 1. The highest BCUT2D eigenvalue weighted by Gasteiger charge is 2.23. The smallest absolute Gasteiger partial charge is 0.268 e. The molecule has 0 saturated carbocycles. The second-order valence-corrected chi connectivity index (χ2v) is 18.1. The van der Waals surface area contributed by atoms with Crippen LogP contribution in [0, 0.1) is 0 Å². The molecule has 0 aromatic carbocycles. The third kappa shape index (κ3) is 44.9. The average Bonchev–Trinajstić information content (AvgIpc) is 3.23. The van der Waals surface area contributed by atoms with Crippen molar-refractivity contribution in [3.63, 3.8) is 0 Å². The Morgan fingerprint density at radius 2 is 1.00 bits per heavy atom. The first-order valence-corrected chi connectivity index (χ1v) is 25.4. The van der Waals surface area contributed by atoms with Crippen LogP contribution in [0.2, 0.25) is 0 Å². The van der Waals surface area contributed by atoms with E-state index in [2.05, 4.69) is 129 Å². The summed E-state index contributed by atoms with van der Waals surface area (Å²) in [4.78, 5) is 25.2. The third-order valence-electron chi connectivity index (χ3n) is 9.64. The van der Waals surface area contributed by atoms with Crippen molar-refractivity contribution < 1.29 is 32.9 Å². The molecule has 0 aromatic heterocycles. The largest absolute Gasteiger partial charge is 0.756 e. The van der Waals surface area contributed by atoms with Crippen LogP contribution in [0.15, 0.2) is 122 Å². The molecular formula is C53H89N2O6P. The minimum absolute atomic E-state index is 0.0155. The molecule has 8 nitrogen and oxygen atoms in total. The number of amides is 1. The maximum absolute atomic E-state index is 12.8. The van der Waals surface area contributed by atoms with Gasteiger partial charge in [-0.3, -0.25) is 9.36 Å². The first-order chi connectivity index (χ1) is 30.0. The van der Waals surface area contributed by atoms with Crippen LogP contribution in [-0.4, -0.2) is 68.5 Å². The van der Waals surface area contributed by atoms with Crippen molar-refractivity contribution in [1.82, 2.24) is 5.32 Å². The number of phosphoric acid groups is 1. The van der Waals surface area contributed by atoms with Crippen molar-refractivity contribution in [3.8, 4) is 0 Å². The Labute approximate surface area is 380 Å². The number of unbranched alkanes of at least 4 members (excludes halogenated alkanes) is 10. The molecule has 0 radical (unpaired) electrons. The molecule has 3 atom stereocenters. The second-order valence-electron chi connectivity index (χ2n) is 16.7. The van der Waals surface area contributed by atoms with Crippen molar-refractivity contribution in [2.45, 2.75) is 167 Å². The summed E-state index contributed by atoms with van der Waals surface area (Å²) in [6, 6.07) is -0.913. The number of hydrogen-bond donors (Lipinski definition) is 2.